The second-order valence-corrected chi connectivity index (χ2v) is 8.16. The Morgan fingerprint density at radius 3 is 2.88 bits per heavy atom. The van der Waals surface area contributed by atoms with E-state index in [9.17, 15) is 0 Å². The topological polar surface area (TPSA) is 36.9 Å². The number of piperidine rings is 1. The number of hydrogen-bond donors (Lipinski definition) is 1. The van der Waals surface area contributed by atoms with Crippen LogP contribution in [-0.4, -0.2) is 50.3 Å². The highest BCUT2D eigenvalue weighted by molar-refractivity contribution is 5.80. The summed E-state index contributed by atoms with van der Waals surface area (Å²) in [7, 11) is 1.93. The normalized spacial score (nSPS) is 32.7. The molecule has 1 aromatic rings. The molecule has 0 radical (unpaired) electrons. The van der Waals surface area contributed by atoms with E-state index in [-0.39, 0.29) is 0 Å². The maximum atomic E-state index is 5.81. The van der Waals surface area contributed by atoms with Crippen LogP contribution >= 0.6 is 0 Å². The maximum Gasteiger partial charge on any atom is 0.193 e. The van der Waals surface area contributed by atoms with Crippen LogP contribution in [0.2, 0.25) is 0 Å². The lowest BCUT2D eigenvalue weighted by Gasteiger charge is -2.45. The third-order valence-electron chi connectivity index (χ3n) is 6.15. The molecule has 4 rings (SSSR count). The third-order valence-corrected chi connectivity index (χ3v) is 6.15. The van der Waals surface area contributed by atoms with Crippen molar-refractivity contribution >= 4 is 5.96 Å². The predicted octanol–water partition coefficient (Wildman–Crippen LogP) is 3.09. The molecule has 2 saturated heterocycles. The first kappa shape index (κ1) is 16.9. The van der Waals surface area contributed by atoms with Crippen LogP contribution in [0, 0.1) is 11.3 Å². The second kappa shape index (κ2) is 7.36. The van der Waals surface area contributed by atoms with Gasteiger partial charge in [-0.1, -0.05) is 30.3 Å². The number of nitrogens with one attached hydrogen (secondary N) is 1. The monoisotopic (exact) mass is 341 g/mol. The minimum atomic E-state index is 0.362. The minimum absolute atomic E-state index is 0.362. The highest BCUT2D eigenvalue weighted by atomic mass is 16.5. The molecule has 4 nitrogen and oxygen atoms in total. The van der Waals surface area contributed by atoms with E-state index < -0.39 is 0 Å². The van der Waals surface area contributed by atoms with Gasteiger partial charge in [0.2, 0.25) is 0 Å². The Morgan fingerprint density at radius 2 is 2.12 bits per heavy atom. The van der Waals surface area contributed by atoms with Crippen molar-refractivity contribution in [3.8, 4) is 0 Å². The number of nitrogens with zero attached hydrogens (tertiary/aromatic N) is 2. The fourth-order valence-corrected chi connectivity index (χ4v) is 4.65. The molecule has 1 saturated carbocycles. The van der Waals surface area contributed by atoms with Crippen molar-refractivity contribution in [2.24, 2.45) is 16.3 Å². The van der Waals surface area contributed by atoms with Gasteiger partial charge in [-0.05, 0) is 50.0 Å². The van der Waals surface area contributed by atoms with E-state index >= 15 is 0 Å². The van der Waals surface area contributed by atoms with Gasteiger partial charge in [-0.2, -0.15) is 0 Å². The summed E-state index contributed by atoms with van der Waals surface area (Å²) in [6.45, 7) is 4.10. The van der Waals surface area contributed by atoms with E-state index in [1.165, 1.54) is 44.1 Å². The van der Waals surface area contributed by atoms with Gasteiger partial charge in [0.25, 0.3) is 0 Å². The van der Waals surface area contributed by atoms with Crippen LogP contribution in [-0.2, 0) is 11.2 Å². The highest BCUT2D eigenvalue weighted by Crippen LogP contribution is 2.38. The Hall–Kier alpha value is -1.55. The first-order chi connectivity index (χ1) is 12.3. The van der Waals surface area contributed by atoms with Crippen LogP contribution < -0.4 is 5.32 Å². The molecule has 1 aromatic carbocycles. The molecule has 3 aliphatic rings. The zero-order chi connectivity index (χ0) is 17.1. The summed E-state index contributed by atoms with van der Waals surface area (Å²) in [4.78, 5) is 7.08. The fraction of sp³-hybridized carbons (Fsp3) is 0.667. The lowest BCUT2D eigenvalue weighted by Crippen LogP contribution is -2.53. The zero-order valence-corrected chi connectivity index (χ0v) is 15.4. The number of likely N-dealkylation sites (tertiary alicyclic amines) is 1. The number of benzene rings is 1. The molecule has 3 unspecified atom stereocenters. The Bertz CT molecular complexity index is 589. The number of guanidine groups is 1. The molecule has 1 aliphatic carbocycles. The molecule has 136 valence electrons. The van der Waals surface area contributed by atoms with Crippen LogP contribution in [0.1, 0.15) is 37.7 Å². The van der Waals surface area contributed by atoms with E-state index in [1.807, 2.05) is 7.05 Å². The van der Waals surface area contributed by atoms with Gasteiger partial charge in [0, 0.05) is 38.2 Å². The highest BCUT2D eigenvalue weighted by Gasteiger charge is 2.41. The van der Waals surface area contributed by atoms with Crippen LogP contribution in [0.25, 0.3) is 0 Å². The van der Waals surface area contributed by atoms with Crippen molar-refractivity contribution in [3.63, 3.8) is 0 Å². The number of aliphatic imine (C=N–C) groups is 1. The number of ether oxygens (including phenoxy) is 1. The Kier molecular flexibility index (Phi) is 4.98. The average Bonchev–Trinajstić information content (AvgIpc) is 3.38. The van der Waals surface area contributed by atoms with Crippen molar-refractivity contribution in [2.45, 2.75) is 44.6 Å². The Balaban J connectivity index is 1.32. The van der Waals surface area contributed by atoms with Gasteiger partial charge in [0.1, 0.15) is 0 Å². The van der Waals surface area contributed by atoms with Crippen molar-refractivity contribution in [3.05, 3.63) is 35.9 Å². The fourth-order valence-electron chi connectivity index (χ4n) is 4.65. The first-order valence-electron chi connectivity index (χ1n) is 9.88. The number of hydrogen-bond acceptors (Lipinski definition) is 2. The molecule has 3 atom stereocenters. The van der Waals surface area contributed by atoms with E-state index in [2.05, 4.69) is 45.5 Å². The molecule has 0 aromatic heterocycles. The summed E-state index contributed by atoms with van der Waals surface area (Å²) in [5.41, 5.74) is 1.81. The molecule has 2 heterocycles. The Labute approximate surface area is 151 Å². The molecule has 1 N–H and O–H groups in total. The predicted molar refractivity (Wildman–Crippen MR) is 102 cm³/mol. The van der Waals surface area contributed by atoms with Crippen LogP contribution in [0.5, 0.6) is 0 Å². The van der Waals surface area contributed by atoms with Gasteiger partial charge in [-0.15, -0.1) is 0 Å². The van der Waals surface area contributed by atoms with Crippen LogP contribution in [0.15, 0.2) is 35.3 Å². The molecule has 4 heteroatoms. The largest absolute Gasteiger partial charge is 0.381 e. The lowest BCUT2D eigenvalue weighted by molar-refractivity contribution is -0.0370. The SMILES string of the molecule is CN=C(NC1CC1Cc1ccccc1)N1CCCC2(CCCOC2)C1. The first-order valence-corrected chi connectivity index (χ1v) is 9.88. The quantitative estimate of drug-likeness (QED) is 0.678. The van der Waals surface area contributed by atoms with Gasteiger partial charge < -0.3 is 15.0 Å². The summed E-state index contributed by atoms with van der Waals surface area (Å²) < 4.78 is 5.81. The molecule has 0 bridgehead atoms. The smallest absolute Gasteiger partial charge is 0.193 e. The van der Waals surface area contributed by atoms with Crippen LogP contribution in [0.4, 0.5) is 0 Å². The summed E-state index contributed by atoms with van der Waals surface area (Å²) in [5.74, 6) is 1.85. The van der Waals surface area contributed by atoms with Crippen molar-refractivity contribution in [1.82, 2.24) is 10.2 Å². The van der Waals surface area contributed by atoms with E-state index in [4.69, 9.17) is 4.74 Å². The molecule has 1 spiro atoms. The third kappa shape index (κ3) is 4.00. The Morgan fingerprint density at radius 1 is 1.28 bits per heavy atom. The second-order valence-electron chi connectivity index (χ2n) is 8.16. The van der Waals surface area contributed by atoms with Gasteiger partial charge in [-0.25, -0.2) is 0 Å². The van der Waals surface area contributed by atoms with Gasteiger partial charge in [0.15, 0.2) is 5.96 Å². The van der Waals surface area contributed by atoms with Crippen molar-refractivity contribution < 1.29 is 4.74 Å². The summed E-state index contributed by atoms with van der Waals surface area (Å²) >= 11 is 0. The molecular weight excluding hydrogens is 310 g/mol. The van der Waals surface area contributed by atoms with E-state index in [0.717, 1.165) is 38.2 Å². The molecular formula is C21H31N3O. The summed E-state index contributed by atoms with van der Waals surface area (Å²) in [6, 6.07) is 11.4. The molecule has 25 heavy (non-hydrogen) atoms. The van der Waals surface area contributed by atoms with Gasteiger partial charge >= 0.3 is 0 Å². The maximum absolute atomic E-state index is 5.81. The van der Waals surface area contributed by atoms with Gasteiger partial charge in [-0.3, -0.25) is 4.99 Å². The molecule has 0 amide bonds. The molecule has 3 fully saturated rings. The molecule has 2 aliphatic heterocycles. The number of rotatable bonds is 3. The summed E-state index contributed by atoms with van der Waals surface area (Å²) in [6.07, 6.45) is 7.51. The van der Waals surface area contributed by atoms with Crippen LogP contribution in [0.3, 0.4) is 0 Å². The van der Waals surface area contributed by atoms with Gasteiger partial charge in [0.05, 0.1) is 6.61 Å². The van der Waals surface area contributed by atoms with Crippen molar-refractivity contribution in [1.29, 1.82) is 0 Å². The lowest BCUT2D eigenvalue weighted by atomic mass is 9.76. The van der Waals surface area contributed by atoms with Crippen molar-refractivity contribution in [2.75, 3.05) is 33.4 Å². The summed E-state index contributed by atoms with van der Waals surface area (Å²) in [5, 5.41) is 3.74. The van der Waals surface area contributed by atoms with E-state index in [1.54, 1.807) is 0 Å². The standard InChI is InChI=1S/C21H31N3O/c1-22-20(23-19-14-18(19)13-17-7-3-2-4-8-17)24-11-5-9-21(15-24)10-6-12-25-16-21/h2-4,7-8,18-19H,5-6,9-16H2,1H3,(H,22,23). The zero-order valence-electron chi connectivity index (χ0n) is 15.4. The minimum Gasteiger partial charge on any atom is -0.381 e. The average molecular weight is 341 g/mol. The van der Waals surface area contributed by atoms with E-state index in [0.29, 0.717) is 11.5 Å².